The van der Waals surface area contributed by atoms with E-state index in [-0.39, 0.29) is 0 Å². The molecule has 1 aliphatic carbocycles. The van der Waals surface area contributed by atoms with Gasteiger partial charge in [0.15, 0.2) is 0 Å². The van der Waals surface area contributed by atoms with Crippen LogP contribution < -0.4 is 4.90 Å². The largest absolute Gasteiger partial charge is 0.359 e. The lowest BCUT2D eigenvalue weighted by molar-refractivity contribution is 0.382. The molecule has 2 nitrogen and oxygen atoms in total. The van der Waals surface area contributed by atoms with Crippen molar-refractivity contribution in [2.24, 2.45) is 0 Å². The molecule has 124 valence electrons. The van der Waals surface area contributed by atoms with Crippen LogP contribution in [0.4, 0.5) is 5.69 Å². The van der Waals surface area contributed by atoms with E-state index in [0.29, 0.717) is 6.17 Å². The van der Waals surface area contributed by atoms with Crippen molar-refractivity contribution in [1.82, 2.24) is 4.90 Å². The predicted molar refractivity (Wildman–Crippen MR) is 102 cm³/mol. The maximum absolute atomic E-state index is 2.44. The topological polar surface area (TPSA) is 6.48 Å². The Morgan fingerprint density at radius 1 is 0.917 bits per heavy atom. The number of aryl methyl sites for hydroxylation is 4. The average molecular weight is 318 g/mol. The van der Waals surface area contributed by atoms with E-state index >= 15 is 0 Å². The summed E-state index contributed by atoms with van der Waals surface area (Å²) in [6.07, 6.45) is 7.05. The number of benzene rings is 2. The number of nitrogens with zero attached hydrogens (tertiary/aromatic N) is 2. The minimum absolute atomic E-state index is 0.369. The number of rotatable bonds is 1. The molecule has 1 atom stereocenters. The van der Waals surface area contributed by atoms with Gasteiger partial charge in [-0.3, -0.25) is 0 Å². The smallest absolute Gasteiger partial charge is 0.102 e. The van der Waals surface area contributed by atoms with E-state index in [1.54, 1.807) is 0 Å². The Morgan fingerprint density at radius 3 is 2.42 bits per heavy atom. The summed E-state index contributed by atoms with van der Waals surface area (Å²) in [6.45, 7) is 9.05. The Balaban J connectivity index is 1.99. The van der Waals surface area contributed by atoms with Crippen molar-refractivity contribution in [3.63, 3.8) is 0 Å². The molecule has 2 aromatic carbocycles. The molecule has 0 amide bonds. The van der Waals surface area contributed by atoms with Crippen LogP contribution in [0.15, 0.2) is 36.7 Å². The Labute approximate surface area is 145 Å². The van der Waals surface area contributed by atoms with Crippen LogP contribution in [-0.2, 0) is 12.8 Å². The zero-order valence-electron chi connectivity index (χ0n) is 15.4. The zero-order valence-corrected chi connectivity index (χ0v) is 15.4. The Bertz CT molecular complexity index is 848. The van der Waals surface area contributed by atoms with Gasteiger partial charge in [0.1, 0.15) is 6.17 Å². The first-order valence-corrected chi connectivity index (χ1v) is 8.89. The first-order chi connectivity index (χ1) is 11.5. The van der Waals surface area contributed by atoms with Gasteiger partial charge in [-0.15, -0.1) is 0 Å². The molecule has 0 spiro atoms. The molecule has 0 aromatic heterocycles. The standard InChI is InChI=1S/C22H26N2/c1-14-7-6-8-18-9-10-19-21(20(14)18)15(2)13-16(3)22(19)24-12-11-23(5)17(24)4/h6-8,11-13,17H,9-10H2,1-5H3/t17-/m0/s1. The summed E-state index contributed by atoms with van der Waals surface area (Å²) in [7, 11) is 2.15. The van der Waals surface area contributed by atoms with Crippen LogP contribution in [0.1, 0.15) is 34.7 Å². The fraction of sp³-hybridized carbons (Fsp3) is 0.364. The van der Waals surface area contributed by atoms with Crippen molar-refractivity contribution in [2.75, 3.05) is 11.9 Å². The highest BCUT2D eigenvalue weighted by Crippen LogP contribution is 2.44. The first-order valence-electron chi connectivity index (χ1n) is 8.89. The quantitative estimate of drug-likeness (QED) is 0.734. The summed E-state index contributed by atoms with van der Waals surface area (Å²) in [6, 6.07) is 9.12. The molecule has 0 saturated carbocycles. The van der Waals surface area contributed by atoms with Crippen LogP contribution in [0.25, 0.3) is 11.1 Å². The van der Waals surface area contributed by atoms with E-state index < -0.39 is 0 Å². The van der Waals surface area contributed by atoms with Gasteiger partial charge >= 0.3 is 0 Å². The Hall–Kier alpha value is -2.22. The van der Waals surface area contributed by atoms with E-state index in [1.165, 1.54) is 44.6 Å². The van der Waals surface area contributed by atoms with Gasteiger partial charge in [-0.25, -0.2) is 0 Å². The van der Waals surface area contributed by atoms with Gasteiger partial charge in [-0.05, 0) is 79.5 Å². The zero-order chi connectivity index (χ0) is 17.0. The molecule has 2 aromatic rings. The minimum atomic E-state index is 0.369. The average Bonchev–Trinajstić information content (AvgIpc) is 2.87. The van der Waals surface area contributed by atoms with Crippen LogP contribution in [0, 0.1) is 20.8 Å². The van der Waals surface area contributed by atoms with E-state index in [4.69, 9.17) is 0 Å². The van der Waals surface area contributed by atoms with Crippen molar-refractivity contribution < 1.29 is 0 Å². The highest BCUT2D eigenvalue weighted by molar-refractivity contribution is 5.85. The Kier molecular flexibility index (Phi) is 3.45. The molecule has 24 heavy (non-hydrogen) atoms. The monoisotopic (exact) mass is 318 g/mol. The summed E-state index contributed by atoms with van der Waals surface area (Å²) < 4.78 is 0. The van der Waals surface area contributed by atoms with Crippen LogP contribution >= 0.6 is 0 Å². The van der Waals surface area contributed by atoms with Gasteiger partial charge in [0.25, 0.3) is 0 Å². The van der Waals surface area contributed by atoms with E-state index in [2.05, 4.69) is 81.2 Å². The van der Waals surface area contributed by atoms with Crippen LogP contribution in [0.2, 0.25) is 0 Å². The third kappa shape index (κ3) is 2.09. The highest BCUT2D eigenvalue weighted by atomic mass is 15.4. The van der Waals surface area contributed by atoms with E-state index in [0.717, 1.165) is 12.8 Å². The molecule has 0 unspecified atom stereocenters. The summed E-state index contributed by atoms with van der Waals surface area (Å²) in [4.78, 5) is 4.71. The fourth-order valence-corrected chi connectivity index (χ4v) is 4.45. The molecule has 0 fully saturated rings. The third-order valence-electron chi connectivity index (χ3n) is 5.75. The molecule has 0 bridgehead atoms. The second kappa shape index (κ2) is 5.41. The van der Waals surface area contributed by atoms with Crippen LogP contribution in [0.3, 0.4) is 0 Å². The summed E-state index contributed by atoms with van der Waals surface area (Å²) in [5, 5.41) is 0. The van der Waals surface area contributed by atoms with Crippen molar-refractivity contribution in [1.29, 1.82) is 0 Å². The summed E-state index contributed by atoms with van der Waals surface area (Å²) in [5.41, 5.74) is 11.6. The van der Waals surface area contributed by atoms with E-state index in [9.17, 15) is 0 Å². The summed E-state index contributed by atoms with van der Waals surface area (Å²) >= 11 is 0. The molecule has 4 rings (SSSR count). The number of hydrogen-bond donors (Lipinski definition) is 0. The lowest BCUT2D eigenvalue weighted by atomic mass is 9.79. The van der Waals surface area contributed by atoms with Gasteiger partial charge in [-0.1, -0.05) is 24.3 Å². The predicted octanol–water partition coefficient (Wildman–Crippen LogP) is 4.95. The molecule has 1 aliphatic heterocycles. The normalized spacial score (nSPS) is 18.8. The van der Waals surface area contributed by atoms with Crippen LogP contribution in [-0.4, -0.2) is 18.1 Å². The fourth-order valence-electron chi connectivity index (χ4n) is 4.45. The van der Waals surface area contributed by atoms with Crippen molar-refractivity contribution in [2.45, 2.75) is 46.7 Å². The molecule has 0 N–H and O–H groups in total. The molecule has 0 saturated heterocycles. The molecule has 2 aliphatic rings. The van der Waals surface area contributed by atoms with Gasteiger partial charge < -0.3 is 9.80 Å². The van der Waals surface area contributed by atoms with Crippen LogP contribution in [0.5, 0.6) is 0 Å². The number of hydrogen-bond acceptors (Lipinski definition) is 2. The molecule has 2 heteroatoms. The lowest BCUT2D eigenvalue weighted by Gasteiger charge is -2.34. The summed E-state index contributed by atoms with van der Waals surface area (Å²) in [5.74, 6) is 0. The second-order valence-electron chi connectivity index (χ2n) is 7.32. The molecular weight excluding hydrogens is 292 g/mol. The van der Waals surface area contributed by atoms with E-state index in [1.807, 2.05) is 0 Å². The van der Waals surface area contributed by atoms with Gasteiger partial charge in [-0.2, -0.15) is 0 Å². The number of fused-ring (bicyclic) bond motifs is 3. The lowest BCUT2D eigenvalue weighted by Crippen LogP contribution is -2.34. The van der Waals surface area contributed by atoms with Crippen molar-refractivity contribution in [3.8, 4) is 11.1 Å². The van der Waals surface area contributed by atoms with Gasteiger partial charge in [0, 0.05) is 25.1 Å². The molecule has 1 heterocycles. The SMILES string of the molecule is Cc1cccc2c1-c1c(C)cc(C)c(N3C=CN(C)[C@@H]3C)c1CC2. The maximum atomic E-state index is 2.44. The van der Waals surface area contributed by atoms with Crippen molar-refractivity contribution in [3.05, 3.63) is 64.5 Å². The first kappa shape index (κ1) is 15.3. The molecule has 0 radical (unpaired) electrons. The number of anilines is 1. The minimum Gasteiger partial charge on any atom is -0.359 e. The third-order valence-corrected chi connectivity index (χ3v) is 5.75. The Morgan fingerprint density at radius 2 is 1.71 bits per heavy atom. The second-order valence-corrected chi connectivity index (χ2v) is 7.32. The van der Waals surface area contributed by atoms with Crippen molar-refractivity contribution >= 4 is 5.69 Å². The van der Waals surface area contributed by atoms with Gasteiger partial charge in [0.05, 0.1) is 0 Å². The van der Waals surface area contributed by atoms with Gasteiger partial charge in [0.2, 0.25) is 0 Å². The molecular formula is C22H26N2. The highest BCUT2D eigenvalue weighted by Gasteiger charge is 2.29. The maximum Gasteiger partial charge on any atom is 0.102 e.